The van der Waals surface area contributed by atoms with Crippen molar-refractivity contribution >= 4 is 74.8 Å². The van der Waals surface area contributed by atoms with E-state index in [0.717, 1.165) is 22.2 Å². The minimum absolute atomic E-state index is 0.172. The topological polar surface area (TPSA) is 109 Å². The van der Waals surface area contributed by atoms with Crippen LogP contribution < -0.4 is 14.8 Å². The number of hydrogen-bond acceptors (Lipinski definition) is 7. The average Bonchev–Trinajstić information content (AvgIpc) is 3.15. The summed E-state index contributed by atoms with van der Waals surface area (Å²) < 4.78 is 12.2. The predicted molar refractivity (Wildman–Crippen MR) is 154 cm³/mol. The average molecular weight is 660 g/mol. The molecule has 0 spiro atoms. The molecule has 1 aliphatic rings. The van der Waals surface area contributed by atoms with Crippen molar-refractivity contribution in [3.05, 3.63) is 90.9 Å². The van der Waals surface area contributed by atoms with Crippen molar-refractivity contribution in [2.24, 2.45) is 0 Å². The molecule has 3 aromatic carbocycles. The SMILES string of the molecule is COc1cc(/C=C2/SC(=O)N(CC(=O)Nc3cccc(Cl)c3)C2=O)cc(I)c1OCc1ccccc1C#N. The maximum Gasteiger partial charge on any atom is 0.294 e. The van der Waals surface area contributed by atoms with Crippen LogP contribution in [0, 0.1) is 14.9 Å². The maximum atomic E-state index is 12.9. The van der Waals surface area contributed by atoms with E-state index in [4.69, 9.17) is 21.1 Å². The van der Waals surface area contributed by atoms with E-state index in [1.165, 1.54) is 7.11 Å². The van der Waals surface area contributed by atoms with Crippen LogP contribution in [0.3, 0.4) is 0 Å². The Hall–Kier alpha value is -3.53. The van der Waals surface area contributed by atoms with Crippen LogP contribution in [0.15, 0.2) is 65.6 Å². The Morgan fingerprint density at radius 2 is 1.97 bits per heavy atom. The molecule has 0 unspecified atom stereocenters. The number of imide groups is 1. The first-order valence-corrected chi connectivity index (χ1v) is 13.4. The molecule has 0 saturated carbocycles. The molecule has 0 aliphatic carbocycles. The predicted octanol–water partition coefficient (Wildman–Crippen LogP) is 6.08. The molecule has 192 valence electrons. The van der Waals surface area contributed by atoms with Gasteiger partial charge in [0, 0.05) is 16.3 Å². The number of nitriles is 1. The summed E-state index contributed by atoms with van der Waals surface area (Å²) in [4.78, 5) is 38.9. The number of rotatable bonds is 8. The Labute approximate surface area is 241 Å². The number of benzene rings is 3. The van der Waals surface area contributed by atoms with Gasteiger partial charge in [0.15, 0.2) is 11.5 Å². The lowest BCUT2D eigenvalue weighted by molar-refractivity contribution is -0.127. The van der Waals surface area contributed by atoms with Crippen LogP contribution in [0.25, 0.3) is 6.08 Å². The fraction of sp³-hybridized carbons (Fsp3) is 0.111. The second-order valence-corrected chi connectivity index (χ2v) is 10.5. The summed E-state index contributed by atoms with van der Waals surface area (Å²) in [5, 5.41) is 11.8. The number of halogens is 2. The van der Waals surface area contributed by atoms with Crippen molar-refractivity contribution in [3.63, 3.8) is 0 Å². The number of anilines is 1. The van der Waals surface area contributed by atoms with E-state index in [0.29, 0.717) is 36.9 Å². The molecule has 0 atom stereocenters. The third kappa shape index (κ3) is 6.48. The molecule has 8 nitrogen and oxygen atoms in total. The third-order valence-electron chi connectivity index (χ3n) is 5.34. The Morgan fingerprint density at radius 3 is 2.71 bits per heavy atom. The molecule has 0 radical (unpaired) electrons. The van der Waals surface area contributed by atoms with Crippen molar-refractivity contribution in [3.8, 4) is 17.6 Å². The van der Waals surface area contributed by atoms with Gasteiger partial charge in [0.1, 0.15) is 13.2 Å². The van der Waals surface area contributed by atoms with Gasteiger partial charge in [-0.15, -0.1) is 0 Å². The first kappa shape index (κ1) is 27.5. The van der Waals surface area contributed by atoms with E-state index in [2.05, 4.69) is 34.0 Å². The summed E-state index contributed by atoms with van der Waals surface area (Å²) in [5.41, 5.74) is 2.34. The fourth-order valence-corrected chi connectivity index (χ4v) is 5.38. The highest BCUT2D eigenvalue weighted by Gasteiger charge is 2.36. The zero-order valence-corrected chi connectivity index (χ0v) is 23.6. The molecule has 11 heteroatoms. The molecular weight excluding hydrogens is 641 g/mol. The molecule has 3 amide bonds. The van der Waals surface area contributed by atoms with E-state index in [-0.39, 0.29) is 11.5 Å². The number of nitrogens with zero attached hydrogens (tertiary/aromatic N) is 2. The van der Waals surface area contributed by atoms with Crippen LogP contribution in [-0.4, -0.2) is 35.6 Å². The molecule has 1 saturated heterocycles. The third-order valence-corrected chi connectivity index (χ3v) is 7.29. The van der Waals surface area contributed by atoms with Crippen LogP contribution >= 0.6 is 46.0 Å². The van der Waals surface area contributed by atoms with E-state index >= 15 is 0 Å². The van der Waals surface area contributed by atoms with Gasteiger partial charge in [0.25, 0.3) is 11.1 Å². The first-order chi connectivity index (χ1) is 18.3. The summed E-state index contributed by atoms with van der Waals surface area (Å²) >= 11 is 8.78. The Balaban J connectivity index is 1.48. The van der Waals surface area contributed by atoms with Crippen molar-refractivity contribution in [1.29, 1.82) is 5.26 Å². The van der Waals surface area contributed by atoms with E-state index in [9.17, 15) is 19.6 Å². The summed E-state index contributed by atoms with van der Waals surface area (Å²) in [6.07, 6.45) is 1.57. The largest absolute Gasteiger partial charge is 0.493 e. The van der Waals surface area contributed by atoms with Gasteiger partial charge in [0.05, 0.1) is 27.2 Å². The van der Waals surface area contributed by atoms with Gasteiger partial charge in [-0.25, -0.2) is 0 Å². The molecule has 1 fully saturated rings. The van der Waals surface area contributed by atoms with Crippen LogP contribution in [0.4, 0.5) is 10.5 Å². The standard InChI is InChI=1S/C27H19ClIN3O5S/c1-36-22-10-16(9-21(29)25(22)37-15-18-6-3-2-5-17(18)13-30)11-23-26(34)32(27(35)38-23)14-24(33)31-20-8-4-7-19(28)12-20/h2-12H,14-15H2,1H3,(H,31,33)/b23-11+. The molecule has 1 aliphatic heterocycles. The number of thioether (sulfide) groups is 1. The number of carbonyl (C=O) groups is 3. The lowest BCUT2D eigenvalue weighted by Gasteiger charge is -2.14. The number of ether oxygens (including phenoxy) is 2. The number of hydrogen-bond donors (Lipinski definition) is 1. The molecule has 4 rings (SSSR count). The van der Waals surface area contributed by atoms with Gasteiger partial charge in [-0.2, -0.15) is 5.26 Å². The van der Waals surface area contributed by atoms with Crippen LogP contribution in [0.5, 0.6) is 11.5 Å². The zero-order chi connectivity index (χ0) is 27.2. The summed E-state index contributed by atoms with van der Waals surface area (Å²) in [7, 11) is 1.50. The van der Waals surface area contributed by atoms with Gasteiger partial charge in [-0.05, 0) is 82.4 Å². The van der Waals surface area contributed by atoms with E-state index in [1.54, 1.807) is 54.6 Å². The molecule has 0 bridgehead atoms. The molecule has 1 heterocycles. The highest BCUT2D eigenvalue weighted by Crippen LogP contribution is 2.37. The molecule has 38 heavy (non-hydrogen) atoms. The van der Waals surface area contributed by atoms with E-state index in [1.807, 2.05) is 12.1 Å². The first-order valence-electron chi connectivity index (χ1n) is 11.1. The quantitative estimate of drug-likeness (QED) is 0.231. The minimum atomic E-state index is -0.566. The van der Waals surface area contributed by atoms with Gasteiger partial charge in [-0.3, -0.25) is 19.3 Å². The molecule has 3 aromatic rings. The maximum absolute atomic E-state index is 12.9. The molecular formula is C27H19ClIN3O5S. The number of methoxy groups -OCH3 is 1. The second kappa shape index (κ2) is 12.3. The Bertz CT molecular complexity index is 1500. The number of nitrogens with one attached hydrogen (secondary N) is 1. The minimum Gasteiger partial charge on any atom is -0.493 e. The monoisotopic (exact) mass is 659 g/mol. The van der Waals surface area contributed by atoms with Gasteiger partial charge < -0.3 is 14.8 Å². The van der Waals surface area contributed by atoms with E-state index < -0.39 is 23.6 Å². The fourth-order valence-electron chi connectivity index (χ4n) is 3.57. The van der Waals surface area contributed by atoms with Crippen molar-refractivity contribution in [1.82, 2.24) is 4.90 Å². The Morgan fingerprint density at radius 1 is 1.18 bits per heavy atom. The van der Waals surface area contributed by atoms with Crippen LogP contribution in [0.2, 0.25) is 5.02 Å². The number of carbonyl (C=O) groups excluding carboxylic acids is 3. The summed E-state index contributed by atoms with van der Waals surface area (Å²) in [6.45, 7) is -0.252. The van der Waals surface area contributed by atoms with Gasteiger partial charge >= 0.3 is 0 Å². The normalized spacial score (nSPS) is 13.9. The lowest BCUT2D eigenvalue weighted by Crippen LogP contribution is -2.36. The Kier molecular flexibility index (Phi) is 8.93. The van der Waals surface area contributed by atoms with Crippen molar-refractivity contribution in [2.75, 3.05) is 19.0 Å². The molecule has 0 aromatic heterocycles. The molecule has 1 N–H and O–H groups in total. The summed E-state index contributed by atoms with van der Waals surface area (Å²) in [5.74, 6) is -0.170. The van der Waals surface area contributed by atoms with Crippen molar-refractivity contribution < 1.29 is 23.9 Å². The van der Waals surface area contributed by atoms with Crippen LogP contribution in [-0.2, 0) is 16.2 Å². The second-order valence-electron chi connectivity index (χ2n) is 7.92. The van der Waals surface area contributed by atoms with Crippen molar-refractivity contribution in [2.45, 2.75) is 6.61 Å². The number of amides is 3. The smallest absolute Gasteiger partial charge is 0.294 e. The lowest BCUT2D eigenvalue weighted by atomic mass is 10.1. The summed E-state index contributed by atoms with van der Waals surface area (Å²) in [6, 6.07) is 19.3. The highest BCUT2D eigenvalue weighted by atomic mass is 127. The van der Waals surface area contributed by atoms with Crippen LogP contribution in [0.1, 0.15) is 16.7 Å². The highest BCUT2D eigenvalue weighted by molar-refractivity contribution is 14.1. The van der Waals surface area contributed by atoms with Gasteiger partial charge in [0.2, 0.25) is 5.91 Å². The van der Waals surface area contributed by atoms with Gasteiger partial charge in [-0.1, -0.05) is 35.9 Å². The zero-order valence-electron chi connectivity index (χ0n) is 19.9.